The van der Waals surface area contributed by atoms with Gasteiger partial charge in [-0.2, -0.15) is 0 Å². The van der Waals surface area contributed by atoms with Gasteiger partial charge in [0.05, 0.1) is 40.3 Å². The molecular weight excluding hydrogens is 1170 g/mol. The lowest BCUT2D eigenvalue weighted by Gasteiger charge is -2.26. The van der Waals surface area contributed by atoms with Gasteiger partial charge >= 0.3 is 11.9 Å². The molecule has 0 bridgehead atoms. The van der Waals surface area contributed by atoms with Gasteiger partial charge < -0.3 is 33.3 Å². The predicted molar refractivity (Wildman–Crippen MR) is 407 cm³/mol. The maximum absolute atomic E-state index is 13.0. The molecule has 0 aliphatic rings. The standard InChI is InChI=1S/C86H135NO8/c1-6-8-10-12-14-16-18-20-22-24-26-28-30-32-34-36-37-38-39-40-41-42-43-44-45-46-47-49-51-53-55-57-59-61-63-65-67-69-71-73-75-77-84(89)95-82(81-94-86(85(90)91)92-79-78-87(3,4)5)80-93-83(88)76-74-72-70-68-66-64-62-60-58-56-54-52-50-48-35-33-31-29-27-25-23-21-19-17-15-13-11-9-7-2/h8-11,14-17,20-23,26-29,32-35,37-38,40-41,43-44,46-47,50-53,57,59,82,86H,6-7,12-13,18-19,24-25,30-31,36,39,42,45,48-49,54-56,58,60-81H2,1-5H3/b10-8-,11-9-,16-14-,17-15-,22-20-,23-21-,28-26-,29-27-,34-32-,35-33-,38-37-,41-40-,44-43-,47-46-,52-50-,53-51-,59-57-. The van der Waals surface area contributed by atoms with Gasteiger partial charge in [0, 0.05) is 12.8 Å². The molecule has 2 atom stereocenters. The average molecular weight is 1310 g/mol. The fraction of sp³-hybridized carbons (Fsp3) is 0.570. The second kappa shape index (κ2) is 73.7. The van der Waals surface area contributed by atoms with E-state index in [0.29, 0.717) is 17.4 Å². The van der Waals surface area contributed by atoms with Crippen molar-refractivity contribution in [2.75, 3.05) is 47.5 Å². The zero-order valence-electron chi connectivity index (χ0n) is 60.7. The van der Waals surface area contributed by atoms with Crippen molar-refractivity contribution in [3.05, 3.63) is 207 Å². The van der Waals surface area contributed by atoms with E-state index in [0.717, 1.165) is 173 Å². The van der Waals surface area contributed by atoms with Crippen LogP contribution in [0.5, 0.6) is 0 Å². The Hall–Kier alpha value is -6.13. The van der Waals surface area contributed by atoms with Crippen LogP contribution < -0.4 is 5.11 Å². The van der Waals surface area contributed by atoms with Gasteiger partial charge in [-0.05, 0) is 148 Å². The Bertz CT molecular complexity index is 2320. The molecule has 0 saturated heterocycles. The molecule has 9 nitrogen and oxygen atoms in total. The summed E-state index contributed by atoms with van der Waals surface area (Å²) in [6.45, 7) is 4.48. The Morgan fingerprint density at radius 3 is 0.842 bits per heavy atom. The number of carboxylic acids is 1. The van der Waals surface area contributed by atoms with Gasteiger partial charge in [-0.25, -0.2) is 0 Å². The Morgan fingerprint density at radius 2 is 0.568 bits per heavy atom. The first kappa shape index (κ1) is 88.9. The summed E-state index contributed by atoms with van der Waals surface area (Å²) in [4.78, 5) is 37.6. The van der Waals surface area contributed by atoms with Gasteiger partial charge in [-0.15, -0.1) is 0 Å². The highest BCUT2D eigenvalue weighted by atomic mass is 16.7. The lowest BCUT2D eigenvalue weighted by Crippen LogP contribution is -2.44. The number of likely N-dealkylation sites (N-methyl/N-ethyl adjacent to an activating group) is 1. The van der Waals surface area contributed by atoms with Crippen LogP contribution in [0.2, 0.25) is 0 Å². The second-order valence-corrected chi connectivity index (χ2v) is 25.1. The molecule has 0 saturated carbocycles. The van der Waals surface area contributed by atoms with Crippen molar-refractivity contribution >= 4 is 17.9 Å². The molecule has 0 amide bonds. The topological polar surface area (TPSA) is 111 Å². The summed E-state index contributed by atoms with van der Waals surface area (Å²) in [5.41, 5.74) is 0. The number of ether oxygens (including phenoxy) is 4. The second-order valence-electron chi connectivity index (χ2n) is 25.1. The van der Waals surface area contributed by atoms with Crippen LogP contribution in [0.25, 0.3) is 0 Å². The first-order valence-corrected chi connectivity index (χ1v) is 37.2. The number of carbonyl (C=O) groups is 3. The third-order valence-corrected chi connectivity index (χ3v) is 15.0. The van der Waals surface area contributed by atoms with Gasteiger partial charge in [0.2, 0.25) is 0 Å². The summed E-state index contributed by atoms with van der Waals surface area (Å²) in [6.07, 6.45) is 112. The van der Waals surface area contributed by atoms with Gasteiger partial charge in [0.25, 0.3) is 0 Å². The van der Waals surface area contributed by atoms with E-state index in [4.69, 9.17) is 18.9 Å². The van der Waals surface area contributed by atoms with Crippen LogP contribution in [0, 0.1) is 0 Å². The number of carboxylic acid groups (broad SMARTS) is 1. The minimum Gasteiger partial charge on any atom is -0.545 e. The van der Waals surface area contributed by atoms with Crippen LogP contribution >= 0.6 is 0 Å². The van der Waals surface area contributed by atoms with E-state index < -0.39 is 24.3 Å². The molecule has 0 heterocycles. The van der Waals surface area contributed by atoms with E-state index in [-0.39, 0.29) is 38.6 Å². The molecule has 0 aliphatic carbocycles. The summed E-state index contributed by atoms with van der Waals surface area (Å²) < 4.78 is 22.8. The van der Waals surface area contributed by atoms with Crippen LogP contribution in [0.1, 0.15) is 258 Å². The molecule has 95 heavy (non-hydrogen) atoms. The molecule has 9 heteroatoms. The van der Waals surface area contributed by atoms with E-state index in [2.05, 4.69) is 220 Å². The minimum absolute atomic E-state index is 0.134. The number of hydrogen-bond acceptors (Lipinski definition) is 8. The first-order valence-electron chi connectivity index (χ1n) is 37.2. The van der Waals surface area contributed by atoms with Crippen molar-refractivity contribution in [3.8, 4) is 0 Å². The minimum atomic E-state index is -1.64. The van der Waals surface area contributed by atoms with Gasteiger partial charge in [0.1, 0.15) is 13.2 Å². The van der Waals surface area contributed by atoms with E-state index in [1.54, 1.807) is 0 Å². The average Bonchev–Trinajstić information content (AvgIpc) is 3.54. The molecule has 2 unspecified atom stereocenters. The van der Waals surface area contributed by atoms with Crippen LogP contribution in [0.15, 0.2) is 207 Å². The number of nitrogens with zero attached hydrogens (tertiary/aromatic N) is 1. The smallest absolute Gasteiger partial charge is 0.306 e. The maximum Gasteiger partial charge on any atom is 0.306 e. The van der Waals surface area contributed by atoms with Gasteiger partial charge in [-0.1, -0.05) is 304 Å². The van der Waals surface area contributed by atoms with Crippen LogP contribution in [0.4, 0.5) is 0 Å². The SMILES string of the molecule is CC/C=C\C/C=C\C/C=C\C/C=C\C/C=C\C/C=C\C/C=C\C/C=C\C/C=C\C/C=C\C/C=C\CCCCCCCCCC(=O)OC(COC(=O)CCCCCCCCCCCC/C=C\C/C=C\C/C=C\C/C=C\C/C=C\C/C=C\CC)COC(OCC[N+](C)(C)C)C(=O)[O-]. The Morgan fingerprint density at radius 1 is 0.316 bits per heavy atom. The molecule has 0 fully saturated rings. The highest BCUT2D eigenvalue weighted by molar-refractivity contribution is 5.70. The number of aliphatic carboxylic acids is 1. The highest BCUT2D eigenvalue weighted by Gasteiger charge is 2.22. The van der Waals surface area contributed by atoms with Crippen molar-refractivity contribution < 1.29 is 42.9 Å². The molecule has 0 spiro atoms. The first-order chi connectivity index (χ1) is 46.6. The molecule has 0 radical (unpaired) electrons. The number of esters is 2. The summed E-state index contributed by atoms with van der Waals surface area (Å²) in [5.74, 6) is -2.32. The third-order valence-electron chi connectivity index (χ3n) is 15.0. The summed E-state index contributed by atoms with van der Waals surface area (Å²) >= 11 is 0. The Kier molecular flexibility index (Phi) is 68.9. The predicted octanol–water partition coefficient (Wildman–Crippen LogP) is 22.6. The lowest BCUT2D eigenvalue weighted by molar-refractivity contribution is -0.870. The van der Waals surface area contributed by atoms with E-state index in [1.165, 1.54) is 51.4 Å². The Balaban J connectivity index is 4.21. The molecule has 0 N–H and O–H groups in total. The summed E-state index contributed by atoms with van der Waals surface area (Å²) in [6, 6.07) is 0. The number of allylic oxidation sites excluding steroid dienone is 34. The number of carbonyl (C=O) groups excluding carboxylic acids is 3. The van der Waals surface area contributed by atoms with Crippen LogP contribution in [-0.2, 0) is 33.3 Å². The molecule has 532 valence electrons. The number of unbranched alkanes of at least 4 members (excludes halogenated alkanes) is 17. The molecule has 0 aliphatic heterocycles. The molecular formula is C86H135NO8. The molecule has 0 aromatic heterocycles. The van der Waals surface area contributed by atoms with Crippen LogP contribution in [-0.4, -0.2) is 82.3 Å². The zero-order valence-corrected chi connectivity index (χ0v) is 60.7. The summed E-state index contributed by atoms with van der Waals surface area (Å²) in [7, 11) is 5.91. The van der Waals surface area contributed by atoms with Crippen molar-refractivity contribution in [2.24, 2.45) is 0 Å². The van der Waals surface area contributed by atoms with Crippen LogP contribution in [0.3, 0.4) is 0 Å². The van der Waals surface area contributed by atoms with Crippen molar-refractivity contribution in [1.29, 1.82) is 0 Å². The van der Waals surface area contributed by atoms with E-state index >= 15 is 0 Å². The van der Waals surface area contributed by atoms with E-state index in [9.17, 15) is 19.5 Å². The van der Waals surface area contributed by atoms with Crippen molar-refractivity contribution in [2.45, 2.75) is 270 Å². The van der Waals surface area contributed by atoms with Crippen molar-refractivity contribution in [1.82, 2.24) is 0 Å². The summed E-state index contributed by atoms with van der Waals surface area (Å²) in [5, 5.41) is 11.8. The quantitative estimate of drug-likeness (QED) is 0.0195. The largest absolute Gasteiger partial charge is 0.545 e. The van der Waals surface area contributed by atoms with E-state index in [1.807, 2.05) is 21.1 Å². The highest BCUT2D eigenvalue weighted by Crippen LogP contribution is 2.15. The van der Waals surface area contributed by atoms with Crippen molar-refractivity contribution in [3.63, 3.8) is 0 Å². The molecule has 0 aromatic rings. The zero-order chi connectivity index (χ0) is 69.0. The number of rotatable bonds is 66. The maximum atomic E-state index is 13.0. The molecule has 0 aromatic carbocycles. The lowest BCUT2D eigenvalue weighted by atomic mass is 10.1. The normalized spacial score (nSPS) is 13.9. The van der Waals surface area contributed by atoms with Gasteiger partial charge in [0.15, 0.2) is 12.4 Å². The number of quaternary nitrogens is 1. The number of hydrogen-bond donors (Lipinski definition) is 0. The monoisotopic (exact) mass is 1310 g/mol. The fourth-order valence-electron chi connectivity index (χ4n) is 9.43. The Labute approximate surface area is 582 Å². The third kappa shape index (κ3) is 75.1. The molecule has 0 rings (SSSR count). The fourth-order valence-corrected chi connectivity index (χ4v) is 9.43. The van der Waals surface area contributed by atoms with Gasteiger partial charge in [-0.3, -0.25) is 9.59 Å².